The molecule has 2 rings (SSSR count). The zero-order valence-corrected chi connectivity index (χ0v) is 6.68. The molecule has 0 unspecified atom stereocenters. The molecule has 0 saturated carbocycles. The molecule has 0 aromatic carbocycles. The molecule has 1 N–H and O–H groups in total. The first-order valence-corrected chi connectivity index (χ1v) is 3.62. The lowest BCUT2D eigenvalue weighted by Crippen LogP contribution is -2.03. The molecule has 0 aliphatic heterocycles. The Bertz CT molecular complexity index is 453. The monoisotopic (exact) mass is 174 g/mol. The van der Waals surface area contributed by atoms with Gasteiger partial charge in [-0.15, -0.1) is 11.5 Å². The van der Waals surface area contributed by atoms with Crippen LogP contribution in [0.25, 0.3) is 5.65 Å². The maximum Gasteiger partial charge on any atom is 0.221 e. The van der Waals surface area contributed by atoms with Gasteiger partial charge < -0.3 is 5.32 Å². The van der Waals surface area contributed by atoms with Gasteiger partial charge in [0.05, 0.1) is 12.7 Å². The van der Waals surface area contributed by atoms with Gasteiger partial charge in [-0.2, -0.15) is 4.52 Å². The van der Waals surface area contributed by atoms with Crippen LogP contribution in [0.15, 0.2) is 12.4 Å². The van der Waals surface area contributed by atoms with Crippen molar-refractivity contribution >= 4 is 11.5 Å². The molecule has 0 atom stereocenters. The molecule has 0 radical (unpaired) electrons. The van der Waals surface area contributed by atoms with Gasteiger partial charge in [-0.05, 0) is 10.4 Å². The standard InChI is InChI=1S/C7H6N6/c1-2-3-8-6-7-10-11-12-13(7)5-4-9-6/h1,4-5H,3H2,(H,8,9). The first-order chi connectivity index (χ1) is 6.42. The number of hydrogen-bond donors (Lipinski definition) is 1. The number of aromatic nitrogens is 5. The molecule has 0 fully saturated rings. The Balaban J connectivity index is 2.44. The van der Waals surface area contributed by atoms with E-state index in [0.29, 0.717) is 18.0 Å². The summed E-state index contributed by atoms with van der Waals surface area (Å²) in [5, 5.41) is 13.9. The van der Waals surface area contributed by atoms with Crippen LogP contribution in [0.3, 0.4) is 0 Å². The summed E-state index contributed by atoms with van der Waals surface area (Å²) in [6.07, 6.45) is 8.36. The summed E-state index contributed by atoms with van der Waals surface area (Å²) in [6, 6.07) is 0. The molecule has 0 spiro atoms. The molecule has 13 heavy (non-hydrogen) atoms. The van der Waals surface area contributed by atoms with E-state index >= 15 is 0 Å². The average Bonchev–Trinajstić information content (AvgIpc) is 2.62. The predicted octanol–water partition coefficient (Wildman–Crippen LogP) is -0.436. The van der Waals surface area contributed by atoms with Crippen molar-refractivity contribution in [1.82, 2.24) is 25.0 Å². The largest absolute Gasteiger partial charge is 0.356 e. The number of hydrogen-bond acceptors (Lipinski definition) is 5. The highest BCUT2D eigenvalue weighted by atomic mass is 15.5. The number of rotatable bonds is 2. The van der Waals surface area contributed by atoms with Crippen molar-refractivity contribution in [2.24, 2.45) is 0 Å². The van der Waals surface area contributed by atoms with Crippen molar-refractivity contribution in [3.8, 4) is 12.3 Å². The van der Waals surface area contributed by atoms with E-state index in [-0.39, 0.29) is 0 Å². The summed E-state index contributed by atoms with van der Waals surface area (Å²) in [5.41, 5.74) is 0.567. The normalized spacial score (nSPS) is 9.77. The molecule has 64 valence electrons. The van der Waals surface area contributed by atoms with Crippen LogP contribution in [0.2, 0.25) is 0 Å². The highest BCUT2D eigenvalue weighted by Gasteiger charge is 2.03. The fourth-order valence-corrected chi connectivity index (χ4v) is 0.938. The predicted molar refractivity (Wildman–Crippen MR) is 45.9 cm³/mol. The number of nitrogens with zero attached hydrogens (tertiary/aromatic N) is 5. The summed E-state index contributed by atoms with van der Waals surface area (Å²) in [4.78, 5) is 4.05. The van der Waals surface area contributed by atoms with Crippen LogP contribution in [0, 0.1) is 12.3 Å². The fraction of sp³-hybridized carbons (Fsp3) is 0.143. The van der Waals surface area contributed by atoms with Crippen LogP contribution in [0.1, 0.15) is 0 Å². The van der Waals surface area contributed by atoms with Crippen LogP contribution in [0.5, 0.6) is 0 Å². The molecule has 0 aliphatic rings. The van der Waals surface area contributed by atoms with Gasteiger partial charge in [-0.1, -0.05) is 5.92 Å². The lowest BCUT2D eigenvalue weighted by Gasteiger charge is -1.99. The summed E-state index contributed by atoms with van der Waals surface area (Å²) in [7, 11) is 0. The quantitative estimate of drug-likeness (QED) is 0.625. The minimum atomic E-state index is 0.402. The highest BCUT2D eigenvalue weighted by Crippen LogP contribution is 2.06. The zero-order valence-electron chi connectivity index (χ0n) is 6.68. The van der Waals surface area contributed by atoms with E-state index < -0.39 is 0 Å². The third kappa shape index (κ3) is 1.27. The molecule has 0 amide bonds. The summed E-state index contributed by atoms with van der Waals surface area (Å²) >= 11 is 0. The maximum absolute atomic E-state index is 5.10. The molecule has 2 heterocycles. The topological polar surface area (TPSA) is 68.0 Å². The van der Waals surface area contributed by atoms with Crippen molar-refractivity contribution in [3.63, 3.8) is 0 Å². The van der Waals surface area contributed by atoms with E-state index in [1.807, 2.05) is 0 Å². The Morgan fingerprint density at radius 2 is 2.54 bits per heavy atom. The van der Waals surface area contributed by atoms with E-state index in [4.69, 9.17) is 6.42 Å². The van der Waals surface area contributed by atoms with Crippen molar-refractivity contribution < 1.29 is 0 Å². The second kappa shape index (κ2) is 3.06. The summed E-state index contributed by atoms with van der Waals surface area (Å²) < 4.78 is 1.52. The van der Waals surface area contributed by atoms with Gasteiger partial charge in [0, 0.05) is 6.20 Å². The summed E-state index contributed by atoms with van der Waals surface area (Å²) in [5.74, 6) is 3.03. The van der Waals surface area contributed by atoms with Crippen molar-refractivity contribution in [2.75, 3.05) is 11.9 Å². The molecule has 2 aromatic rings. The molecule has 0 saturated heterocycles. The zero-order chi connectivity index (χ0) is 9.10. The smallest absolute Gasteiger partial charge is 0.221 e. The lowest BCUT2D eigenvalue weighted by molar-refractivity contribution is 0.820. The van der Waals surface area contributed by atoms with Crippen molar-refractivity contribution in [3.05, 3.63) is 12.4 Å². The number of nitrogens with one attached hydrogen (secondary N) is 1. The summed E-state index contributed by atoms with van der Waals surface area (Å²) in [6.45, 7) is 0.402. The van der Waals surface area contributed by atoms with Crippen molar-refractivity contribution in [2.45, 2.75) is 0 Å². The molecule has 2 aromatic heterocycles. The van der Waals surface area contributed by atoms with E-state index in [1.165, 1.54) is 4.52 Å². The maximum atomic E-state index is 5.10. The van der Waals surface area contributed by atoms with Crippen LogP contribution in [-0.4, -0.2) is 31.6 Å². The van der Waals surface area contributed by atoms with Gasteiger partial charge in [0.2, 0.25) is 5.65 Å². The third-order valence-corrected chi connectivity index (χ3v) is 1.47. The van der Waals surface area contributed by atoms with Crippen LogP contribution < -0.4 is 5.32 Å². The number of tetrazole rings is 1. The highest BCUT2D eigenvalue weighted by molar-refractivity contribution is 5.60. The molecule has 0 aliphatic carbocycles. The molecular formula is C7H6N6. The Morgan fingerprint density at radius 3 is 3.38 bits per heavy atom. The van der Waals surface area contributed by atoms with Crippen LogP contribution >= 0.6 is 0 Å². The average molecular weight is 174 g/mol. The van der Waals surface area contributed by atoms with Crippen molar-refractivity contribution in [1.29, 1.82) is 0 Å². The minimum absolute atomic E-state index is 0.402. The first-order valence-electron chi connectivity index (χ1n) is 3.62. The van der Waals surface area contributed by atoms with Gasteiger partial charge in [0.1, 0.15) is 0 Å². The first kappa shape index (κ1) is 7.49. The molecular weight excluding hydrogens is 168 g/mol. The van der Waals surface area contributed by atoms with Gasteiger partial charge >= 0.3 is 0 Å². The third-order valence-electron chi connectivity index (χ3n) is 1.47. The minimum Gasteiger partial charge on any atom is -0.356 e. The number of fused-ring (bicyclic) bond motifs is 1. The van der Waals surface area contributed by atoms with Crippen LogP contribution in [0.4, 0.5) is 5.82 Å². The van der Waals surface area contributed by atoms with Gasteiger partial charge in [0.25, 0.3) is 0 Å². The second-order valence-electron chi connectivity index (χ2n) is 2.28. The van der Waals surface area contributed by atoms with E-state index in [0.717, 1.165) is 0 Å². The lowest BCUT2D eigenvalue weighted by atomic mass is 10.5. The van der Waals surface area contributed by atoms with E-state index in [9.17, 15) is 0 Å². The Kier molecular flexibility index (Phi) is 1.77. The van der Waals surface area contributed by atoms with Gasteiger partial charge in [0.15, 0.2) is 5.82 Å². The Hall–Kier alpha value is -2.16. The van der Waals surface area contributed by atoms with Crippen LogP contribution in [-0.2, 0) is 0 Å². The SMILES string of the molecule is C#CCNc1nccn2nnnc12. The molecule has 0 bridgehead atoms. The Labute approximate surface area is 74.0 Å². The van der Waals surface area contributed by atoms with E-state index in [1.54, 1.807) is 12.4 Å². The molecule has 6 heteroatoms. The molecule has 6 nitrogen and oxygen atoms in total. The fourth-order valence-electron chi connectivity index (χ4n) is 0.938. The number of terminal acetylenes is 1. The second-order valence-corrected chi connectivity index (χ2v) is 2.28. The van der Waals surface area contributed by atoms with Gasteiger partial charge in [-0.25, -0.2) is 4.98 Å². The number of anilines is 1. The Morgan fingerprint density at radius 1 is 1.62 bits per heavy atom. The van der Waals surface area contributed by atoms with Gasteiger partial charge in [-0.3, -0.25) is 0 Å². The van der Waals surface area contributed by atoms with E-state index in [2.05, 4.69) is 31.7 Å².